The van der Waals surface area contributed by atoms with Gasteiger partial charge in [0.15, 0.2) is 0 Å². The average Bonchev–Trinajstić information content (AvgIpc) is 3.56. The highest BCUT2D eigenvalue weighted by Crippen LogP contribution is 2.26. The van der Waals surface area contributed by atoms with Crippen LogP contribution in [-0.2, 0) is 9.53 Å². The zero-order chi connectivity index (χ0) is 22.6. The van der Waals surface area contributed by atoms with E-state index in [4.69, 9.17) is 9.84 Å². The maximum absolute atomic E-state index is 13.5. The molecule has 8 nitrogen and oxygen atoms in total. The molecule has 1 aromatic carbocycles. The number of para-hydroxylation sites is 1. The summed E-state index contributed by atoms with van der Waals surface area (Å²) in [6.07, 6.45) is 0. The Balaban J connectivity index is 1.28. The molecule has 2 fully saturated rings. The maximum atomic E-state index is 13.5. The van der Waals surface area contributed by atoms with Gasteiger partial charge in [0.05, 0.1) is 30.3 Å². The van der Waals surface area contributed by atoms with Gasteiger partial charge in [-0.05, 0) is 29.6 Å². The molecule has 0 unspecified atom stereocenters. The highest BCUT2D eigenvalue weighted by atomic mass is 32.1. The number of amides is 2. The van der Waals surface area contributed by atoms with Gasteiger partial charge >= 0.3 is 0 Å². The fourth-order valence-corrected chi connectivity index (χ4v) is 4.90. The van der Waals surface area contributed by atoms with E-state index in [2.05, 4.69) is 4.90 Å². The number of ether oxygens (including phenoxy) is 1. The summed E-state index contributed by atoms with van der Waals surface area (Å²) in [6.45, 7) is 5.46. The van der Waals surface area contributed by atoms with Crippen molar-refractivity contribution in [2.45, 2.75) is 0 Å². The SMILES string of the molecule is O=C(CN1CCN(C(=O)c2cc(-c3cccs3)nn2-c2ccccc2)CC1)N1CCOCC1. The third-order valence-electron chi connectivity index (χ3n) is 6.09. The molecular formula is C24H27N5O3S. The maximum Gasteiger partial charge on any atom is 0.272 e. The van der Waals surface area contributed by atoms with E-state index in [-0.39, 0.29) is 11.8 Å². The summed E-state index contributed by atoms with van der Waals surface area (Å²) in [5.41, 5.74) is 2.22. The van der Waals surface area contributed by atoms with Gasteiger partial charge in [0, 0.05) is 39.3 Å². The first-order valence-electron chi connectivity index (χ1n) is 11.3. The van der Waals surface area contributed by atoms with Gasteiger partial charge in [-0.1, -0.05) is 24.3 Å². The van der Waals surface area contributed by atoms with E-state index in [0.717, 1.165) is 16.3 Å². The first kappa shape index (κ1) is 21.8. The van der Waals surface area contributed by atoms with Gasteiger partial charge in [-0.15, -0.1) is 11.3 Å². The zero-order valence-corrected chi connectivity index (χ0v) is 19.2. The highest BCUT2D eigenvalue weighted by molar-refractivity contribution is 7.13. The molecule has 2 aromatic heterocycles. The number of aromatic nitrogens is 2. The fourth-order valence-electron chi connectivity index (χ4n) is 4.22. The monoisotopic (exact) mass is 465 g/mol. The Morgan fingerprint density at radius 2 is 1.67 bits per heavy atom. The van der Waals surface area contributed by atoms with Crippen LogP contribution in [0, 0.1) is 0 Å². The van der Waals surface area contributed by atoms with E-state index < -0.39 is 0 Å². The number of thiophene rings is 1. The number of hydrogen-bond acceptors (Lipinski definition) is 6. The molecular weight excluding hydrogens is 438 g/mol. The lowest BCUT2D eigenvalue weighted by Crippen LogP contribution is -2.52. The van der Waals surface area contributed by atoms with Crippen LogP contribution in [0.4, 0.5) is 0 Å². The second-order valence-corrected chi connectivity index (χ2v) is 9.15. The average molecular weight is 466 g/mol. The van der Waals surface area contributed by atoms with Gasteiger partial charge in [0.25, 0.3) is 5.91 Å². The molecule has 33 heavy (non-hydrogen) atoms. The minimum atomic E-state index is -0.0340. The molecule has 0 aliphatic carbocycles. The standard InChI is InChI=1S/C24H27N5O3S/c30-23(27-12-14-32-15-13-27)18-26-8-10-28(11-9-26)24(31)21-17-20(22-7-4-16-33-22)25-29(21)19-5-2-1-3-6-19/h1-7,16-17H,8-15,18H2. The quantitative estimate of drug-likeness (QED) is 0.578. The molecule has 2 amide bonds. The minimum Gasteiger partial charge on any atom is -0.378 e. The van der Waals surface area contributed by atoms with Gasteiger partial charge in [0.1, 0.15) is 11.4 Å². The molecule has 0 spiro atoms. The van der Waals surface area contributed by atoms with Crippen LogP contribution in [0.1, 0.15) is 10.5 Å². The van der Waals surface area contributed by atoms with Crippen molar-refractivity contribution in [2.75, 3.05) is 59.0 Å². The Morgan fingerprint density at radius 1 is 0.909 bits per heavy atom. The van der Waals surface area contributed by atoms with Crippen LogP contribution < -0.4 is 0 Å². The van der Waals surface area contributed by atoms with Crippen molar-refractivity contribution < 1.29 is 14.3 Å². The van der Waals surface area contributed by atoms with Crippen LogP contribution in [-0.4, -0.2) is 95.3 Å². The second-order valence-electron chi connectivity index (χ2n) is 8.20. The number of piperazine rings is 1. The summed E-state index contributed by atoms with van der Waals surface area (Å²) < 4.78 is 7.07. The van der Waals surface area contributed by atoms with Crippen molar-refractivity contribution in [1.82, 2.24) is 24.5 Å². The van der Waals surface area contributed by atoms with E-state index in [1.165, 1.54) is 0 Å². The summed E-state index contributed by atoms with van der Waals surface area (Å²) in [7, 11) is 0. The van der Waals surface area contributed by atoms with Crippen molar-refractivity contribution in [1.29, 1.82) is 0 Å². The largest absolute Gasteiger partial charge is 0.378 e. The lowest BCUT2D eigenvalue weighted by Gasteiger charge is -2.36. The first-order valence-corrected chi connectivity index (χ1v) is 12.1. The van der Waals surface area contributed by atoms with E-state index in [1.54, 1.807) is 16.0 Å². The summed E-state index contributed by atoms with van der Waals surface area (Å²) in [4.78, 5) is 33.0. The van der Waals surface area contributed by atoms with Crippen LogP contribution in [0.2, 0.25) is 0 Å². The molecule has 0 bridgehead atoms. The van der Waals surface area contributed by atoms with Gasteiger partial charge in [0.2, 0.25) is 5.91 Å². The van der Waals surface area contributed by atoms with Crippen molar-refractivity contribution in [2.24, 2.45) is 0 Å². The van der Waals surface area contributed by atoms with Crippen molar-refractivity contribution in [3.63, 3.8) is 0 Å². The Kier molecular flexibility index (Phi) is 6.52. The predicted octanol–water partition coefficient (Wildman–Crippen LogP) is 2.22. The lowest BCUT2D eigenvalue weighted by atomic mass is 10.2. The highest BCUT2D eigenvalue weighted by Gasteiger charge is 2.28. The van der Waals surface area contributed by atoms with E-state index in [9.17, 15) is 9.59 Å². The lowest BCUT2D eigenvalue weighted by molar-refractivity contribution is -0.136. The molecule has 0 saturated carbocycles. The molecule has 2 saturated heterocycles. The van der Waals surface area contributed by atoms with Crippen LogP contribution in [0.15, 0.2) is 53.9 Å². The Hall–Kier alpha value is -3.01. The Morgan fingerprint density at radius 3 is 2.36 bits per heavy atom. The summed E-state index contributed by atoms with van der Waals surface area (Å²) in [6, 6.07) is 15.6. The number of carbonyl (C=O) groups is 2. The second kappa shape index (κ2) is 9.86. The summed E-state index contributed by atoms with van der Waals surface area (Å²) in [5.74, 6) is 0.106. The van der Waals surface area contributed by atoms with E-state index in [0.29, 0.717) is 64.7 Å². The van der Waals surface area contributed by atoms with E-state index >= 15 is 0 Å². The van der Waals surface area contributed by atoms with Gasteiger partial charge < -0.3 is 14.5 Å². The smallest absolute Gasteiger partial charge is 0.272 e. The number of rotatable bonds is 5. The number of hydrogen-bond donors (Lipinski definition) is 0. The molecule has 2 aliphatic rings. The molecule has 4 heterocycles. The van der Waals surface area contributed by atoms with Crippen molar-refractivity contribution in [3.05, 3.63) is 59.6 Å². The third kappa shape index (κ3) is 4.85. The molecule has 172 valence electrons. The van der Waals surface area contributed by atoms with Crippen LogP contribution in [0.5, 0.6) is 0 Å². The van der Waals surface area contributed by atoms with Crippen LogP contribution in [0.3, 0.4) is 0 Å². The third-order valence-corrected chi connectivity index (χ3v) is 6.98. The predicted molar refractivity (Wildman–Crippen MR) is 127 cm³/mol. The number of nitrogens with zero attached hydrogens (tertiary/aromatic N) is 5. The summed E-state index contributed by atoms with van der Waals surface area (Å²) >= 11 is 1.61. The van der Waals surface area contributed by atoms with E-state index in [1.807, 2.05) is 63.7 Å². The molecule has 0 radical (unpaired) electrons. The Bertz CT molecular complexity index is 1080. The molecule has 2 aliphatic heterocycles. The molecule has 9 heteroatoms. The van der Waals surface area contributed by atoms with Gasteiger partial charge in [-0.25, -0.2) is 4.68 Å². The Labute approximate surface area is 197 Å². The first-order chi connectivity index (χ1) is 16.2. The van der Waals surface area contributed by atoms with Crippen LogP contribution >= 0.6 is 11.3 Å². The minimum absolute atomic E-state index is 0.0340. The number of carbonyl (C=O) groups excluding carboxylic acids is 2. The van der Waals surface area contributed by atoms with Gasteiger partial charge in [-0.2, -0.15) is 5.10 Å². The number of morpholine rings is 1. The van der Waals surface area contributed by atoms with Crippen LogP contribution in [0.25, 0.3) is 16.3 Å². The van der Waals surface area contributed by atoms with Crippen molar-refractivity contribution in [3.8, 4) is 16.3 Å². The molecule has 0 N–H and O–H groups in total. The molecule has 0 atom stereocenters. The fraction of sp³-hybridized carbons (Fsp3) is 0.375. The zero-order valence-electron chi connectivity index (χ0n) is 18.4. The normalized spacial score (nSPS) is 17.3. The van der Waals surface area contributed by atoms with Gasteiger partial charge in [-0.3, -0.25) is 14.5 Å². The number of benzene rings is 1. The summed E-state index contributed by atoms with van der Waals surface area (Å²) in [5, 5.41) is 6.76. The molecule has 5 rings (SSSR count). The van der Waals surface area contributed by atoms with Crippen molar-refractivity contribution >= 4 is 23.2 Å². The topological polar surface area (TPSA) is 70.9 Å². The molecule has 3 aromatic rings.